The maximum absolute atomic E-state index is 12.4. The predicted molar refractivity (Wildman–Crippen MR) is 109 cm³/mol. The highest BCUT2D eigenvalue weighted by molar-refractivity contribution is 5.77. The molecule has 150 valence electrons. The van der Waals surface area contributed by atoms with Gasteiger partial charge in [-0.2, -0.15) is 4.98 Å². The lowest BCUT2D eigenvalue weighted by molar-refractivity contribution is -0.133. The monoisotopic (exact) mass is 392 g/mol. The van der Waals surface area contributed by atoms with E-state index in [1.807, 2.05) is 59.5 Å². The molecule has 1 aromatic heterocycles. The first-order valence-corrected chi connectivity index (χ1v) is 9.78. The molecule has 0 unspecified atom stereocenters. The lowest BCUT2D eigenvalue weighted by atomic mass is 10.2. The van der Waals surface area contributed by atoms with Crippen molar-refractivity contribution in [2.24, 2.45) is 0 Å². The molecular weight excluding hydrogens is 368 g/mol. The van der Waals surface area contributed by atoms with Gasteiger partial charge in [0.05, 0.1) is 0 Å². The van der Waals surface area contributed by atoms with E-state index in [4.69, 9.17) is 9.26 Å². The Balaban J connectivity index is 1.35. The molecule has 0 aliphatic carbocycles. The lowest BCUT2D eigenvalue weighted by Gasteiger charge is -2.20. The molecule has 1 fully saturated rings. The summed E-state index contributed by atoms with van der Waals surface area (Å²) < 4.78 is 11.1. The number of ether oxygens (including phenoxy) is 1. The van der Waals surface area contributed by atoms with Crippen LogP contribution >= 0.6 is 0 Å². The average molecular weight is 392 g/mol. The van der Waals surface area contributed by atoms with Crippen LogP contribution in [0.15, 0.2) is 59.1 Å². The van der Waals surface area contributed by atoms with Crippen molar-refractivity contribution in [2.75, 3.05) is 39.8 Å². The number of hydrogen-bond donors (Lipinski definition) is 0. The molecule has 0 spiro atoms. The van der Waals surface area contributed by atoms with Gasteiger partial charge in [-0.25, -0.2) is 0 Å². The Bertz CT molecular complexity index is 940. The minimum Gasteiger partial charge on any atom is -0.484 e. The molecule has 4 rings (SSSR count). The maximum Gasteiger partial charge on any atom is 0.260 e. The van der Waals surface area contributed by atoms with Crippen molar-refractivity contribution < 1.29 is 14.1 Å². The summed E-state index contributed by atoms with van der Waals surface area (Å²) >= 11 is 0. The van der Waals surface area contributed by atoms with Crippen LogP contribution in [-0.2, 0) is 4.79 Å². The van der Waals surface area contributed by atoms with Gasteiger partial charge in [-0.1, -0.05) is 35.5 Å². The third kappa shape index (κ3) is 4.81. The van der Waals surface area contributed by atoms with Crippen molar-refractivity contribution >= 4 is 5.91 Å². The topological polar surface area (TPSA) is 71.7 Å². The van der Waals surface area contributed by atoms with Crippen molar-refractivity contribution in [1.82, 2.24) is 19.9 Å². The molecule has 2 heterocycles. The summed E-state index contributed by atoms with van der Waals surface area (Å²) in [5.74, 6) is 1.65. The number of carbonyl (C=O) groups excluding carboxylic acids is 1. The van der Waals surface area contributed by atoms with Crippen LogP contribution in [0.2, 0.25) is 0 Å². The number of carbonyl (C=O) groups is 1. The number of amides is 1. The van der Waals surface area contributed by atoms with Gasteiger partial charge in [-0.05, 0) is 44.3 Å². The zero-order valence-corrected chi connectivity index (χ0v) is 16.5. The molecule has 3 aromatic rings. The van der Waals surface area contributed by atoms with E-state index >= 15 is 0 Å². The van der Waals surface area contributed by atoms with Gasteiger partial charge >= 0.3 is 0 Å². The van der Waals surface area contributed by atoms with Crippen molar-refractivity contribution in [2.45, 2.75) is 6.42 Å². The van der Waals surface area contributed by atoms with Crippen LogP contribution in [0.4, 0.5) is 0 Å². The van der Waals surface area contributed by atoms with Crippen molar-refractivity contribution in [3.8, 4) is 28.6 Å². The molecule has 0 atom stereocenters. The summed E-state index contributed by atoms with van der Waals surface area (Å²) in [7, 11) is 2.08. The predicted octanol–water partition coefficient (Wildman–Crippen LogP) is 2.95. The Morgan fingerprint density at radius 3 is 2.59 bits per heavy atom. The van der Waals surface area contributed by atoms with Crippen LogP contribution in [-0.4, -0.2) is 65.7 Å². The number of benzene rings is 2. The molecule has 0 N–H and O–H groups in total. The standard InChI is InChI=1S/C22H24N4O3/c1-25-12-5-13-26(15-14-25)20(27)16-28-19-10-8-18(9-11-19)22-23-21(24-29-22)17-6-3-2-4-7-17/h2-4,6-11H,5,12-16H2,1H3. The second kappa shape index (κ2) is 8.87. The van der Waals surface area contributed by atoms with E-state index in [0.717, 1.165) is 43.7 Å². The molecular formula is C22H24N4O3. The minimum atomic E-state index is 0.0220. The number of aromatic nitrogens is 2. The zero-order valence-electron chi connectivity index (χ0n) is 16.5. The Kier molecular flexibility index (Phi) is 5.86. The van der Waals surface area contributed by atoms with E-state index in [0.29, 0.717) is 17.5 Å². The van der Waals surface area contributed by atoms with Crippen LogP contribution < -0.4 is 4.74 Å². The fourth-order valence-corrected chi connectivity index (χ4v) is 3.27. The molecule has 1 amide bonds. The number of likely N-dealkylation sites (N-methyl/N-ethyl adjacent to an activating group) is 1. The van der Waals surface area contributed by atoms with E-state index in [2.05, 4.69) is 22.1 Å². The third-order valence-corrected chi connectivity index (χ3v) is 4.99. The highest BCUT2D eigenvalue weighted by Crippen LogP contribution is 2.24. The van der Waals surface area contributed by atoms with E-state index in [9.17, 15) is 4.79 Å². The van der Waals surface area contributed by atoms with Gasteiger partial charge in [-0.15, -0.1) is 0 Å². The molecule has 2 aromatic carbocycles. The van der Waals surface area contributed by atoms with Crippen LogP contribution in [0.1, 0.15) is 6.42 Å². The van der Waals surface area contributed by atoms with Gasteiger partial charge in [0.2, 0.25) is 5.82 Å². The van der Waals surface area contributed by atoms with Crippen molar-refractivity contribution in [3.05, 3.63) is 54.6 Å². The summed E-state index contributed by atoms with van der Waals surface area (Å²) in [4.78, 5) is 21.0. The molecule has 1 aliphatic heterocycles. The molecule has 1 aliphatic rings. The maximum atomic E-state index is 12.4. The molecule has 0 saturated carbocycles. The van der Waals surface area contributed by atoms with Crippen molar-refractivity contribution in [3.63, 3.8) is 0 Å². The summed E-state index contributed by atoms with van der Waals surface area (Å²) in [6, 6.07) is 17.0. The summed E-state index contributed by atoms with van der Waals surface area (Å²) in [6.45, 7) is 3.50. The highest BCUT2D eigenvalue weighted by atomic mass is 16.5. The normalized spacial score (nSPS) is 15.1. The van der Waals surface area contributed by atoms with E-state index < -0.39 is 0 Å². The smallest absolute Gasteiger partial charge is 0.260 e. The Morgan fingerprint density at radius 2 is 1.79 bits per heavy atom. The Hall–Kier alpha value is -3.19. The van der Waals surface area contributed by atoms with Gasteiger partial charge in [0.1, 0.15) is 5.75 Å². The van der Waals surface area contributed by atoms with Gasteiger partial charge in [-0.3, -0.25) is 4.79 Å². The first kappa shape index (κ1) is 19.1. The first-order valence-electron chi connectivity index (χ1n) is 9.78. The van der Waals surface area contributed by atoms with E-state index in [-0.39, 0.29) is 12.5 Å². The highest BCUT2D eigenvalue weighted by Gasteiger charge is 2.18. The molecule has 0 radical (unpaired) electrons. The SMILES string of the molecule is CN1CCCN(C(=O)COc2ccc(-c3nc(-c4ccccc4)no3)cc2)CC1. The molecule has 0 bridgehead atoms. The second-order valence-corrected chi connectivity index (χ2v) is 7.14. The van der Waals surface area contributed by atoms with E-state index in [1.54, 1.807) is 0 Å². The fourth-order valence-electron chi connectivity index (χ4n) is 3.27. The first-order chi connectivity index (χ1) is 14.2. The largest absolute Gasteiger partial charge is 0.484 e. The molecule has 7 heteroatoms. The van der Waals surface area contributed by atoms with Gasteiger partial charge in [0.25, 0.3) is 11.8 Å². The van der Waals surface area contributed by atoms with Crippen LogP contribution in [0, 0.1) is 0 Å². The fraction of sp³-hybridized carbons (Fsp3) is 0.318. The van der Waals surface area contributed by atoms with Gasteiger partial charge in [0, 0.05) is 30.8 Å². The second-order valence-electron chi connectivity index (χ2n) is 7.14. The zero-order chi connectivity index (χ0) is 20.1. The third-order valence-electron chi connectivity index (χ3n) is 4.99. The van der Waals surface area contributed by atoms with Crippen LogP contribution in [0.25, 0.3) is 22.8 Å². The van der Waals surface area contributed by atoms with Gasteiger partial charge < -0.3 is 19.1 Å². The Morgan fingerprint density at radius 1 is 1.00 bits per heavy atom. The molecule has 29 heavy (non-hydrogen) atoms. The number of hydrogen-bond acceptors (Lipinski definition) is 6. The number of nitrogens with zero attached hydrogens (tertiary/aromatic N) is 4. The summed E-state index contributed by atoms with van der Waals surface area (Å²) in [5, 5.41) is 4.04. The van der Waals surface area contributed by atoms with Crippen molar-refractivity contribution in [1.29, 1.82) is 0 Å². The number of rotatable bonds is 5. The molecule has 1 saturated heterocycles. The summed E-state index contributed by atoms with van der Waals surface area (Å²) in [5.41, 5.74) is 1.70. The molecule has 7 nitrogen and oxygen atoms in total. The minimum absolute atomic E-state index is 0.0220. The summed E-state index contributed by atoms with van der Waals surface area (Å²) in [6.07, 6.45) is 0.992. The Labute approximate surface area is 169 Å². The average Bonchev–Trinajstić information content (AvgIpc) is 3.15. The van der Waals surface area contributed by atoms with Crippen LogP contribution in [0.3, 0.4) is 0 Å². The lowest BCUT2D eigenvalue weighted by Crippen LogP contribution is -2.37. The van der Waals surface area contributed by atoms with E-state index in [1.165, 1.54) is 0 Å². The quantitative estimate of drug-likeness (QED) is 0.665. The van der Waals surface area contributed by atoms with Crippen LogP contribution in [0.5, 0.6) is 5.75 Å². The van der Waals surface area contributed by atoms with Gasteiger partial charge in [0.15, 0.2) is 6.61 Å².